The predicted octanol–water partition coefficient (Wildman–Crippen LogP) is 1.41. The molecule has 0 aliphatic rings. The number of hydrogen-bond donors (Lipinski definition) is 0. The number of ether oxygens (including phenoxy) is 4. The second-order valence-electron chi connectivity index (χ2n) is 10.7. The van der Waals surface area contributed by atoms with Crippen molar-refractivity contribution in [1.82, 2.24) is 0 Å². The summed E-state index contributed by atoms with van der Waals surface area (Å²) in [5, 5.41) is 0. The van der Waals surface area contributed by atoms with Crippen molar-refractivity contribution < 1.29 is 104 Å². The summed E-state index contributed by atoms with van der Waals surface area (Å²) in [7, 11) is -9.15. The van der Waals surface area contributed by atoms with E-state index < -0.39 is 32.8 Å². The van der Waals surface area contributed by atoms with Gasteiger partial charge in [-0.2, -0.15) is 0 Å². The second kappa shape index (κ2) is 22.3. The Morgan fingerprint density at radius 2 is 0.660 bits per heavy atom. The third kappa shape index (κ3) is 16.6. The Morgan fingerprint density at radius 1 is 0.460 bits per heavy atom. The van der Waals surface area contributed by atoms with Crippen LogP contribution in [0.2, 0.25) is 0 Å². The molecule has 14 heteroatoms. The Kier molecular flexibility index (Phi) is 20.3. The van der Waals surface area contributed by atoms with Gasteiger partial charge in [0.2, 0.25) is 12.6 Å². The average molecular weight is 741 g/mol. The summed E-state index contributed by atoms with van der Waals surface area (Å²) < 4.78 is 91.9. The molecule has 0 unspecified atom stereocenters. The summed E-state index contributed by atoms with van der Waals surface area (Å²) in [6.45, 7) is 6.31. The number of benzene rings is 4. The van der Waals surface area contributed by atoms with E-state index in [-0.39, 0.29) is 81.8 Å². The standard InChI is InChI=1S/2C18H20O5S.2Na/c2*1-14(2)17(24(19,20)21)13-18(22-15-9-5-3-6-10-15)23-16-11-7-4-8-12-16;;/h2*3-12,18H,13H2,1-2H3,(H,19,20,21);;/q;;2*+1/p-2. The van der Waals surface area contributed by atoms with Gasteiger partial charge in [0.05, 0.1) is 12.8 Å². The van der Waals surface area contributed by atoms with E-state index >= 15 is 0 Å². The monoisotopic (exact) mass is 740 g/mol. The van der Waals surface area contributed by atoms with Crippen LogP contribution in [0, 0.1) is 0 Å². The summed E-state index contributed by atoms with van der Waals surface area (Å²) in [5.41, 5.74) is 0.839. The number of hydrogen-bond acceptors (Lipinski definition) is 10. The van der Waals surface area contributed by atoms with Crippen LogP contribution in [-0.2, 0) is 20.2 Å². The average Bonchev–Trinajstić information content (AvgIpc) is 3.03. The number of allylic oxidation sites excluding steroid dienone is 2. The first kappa shape index (κ1) is 45.4. The molecule has 0 spiro atoms. The SMILES string of the molecule is CC(C)=C(CC(Oc1ccccc1)Oc1ccccc1)S(=O)(=O)[O-].CC(C)=C(CC(Oc1ccccc1)Oc1ccccc1)S(=O)(=O)[O-].[Na+].[Na+]. The summed E-state index contributed by atoms with van der Waals surface area (Å²) in [6.07, 6.45) is -2.22. The van der Waals surface area contributed by atoms with Crippen LogP contribution in [0.4, 0.5) is 0 Å². The summed E-state index contributed by atoms with van der Waals surface area (Å²) in [4.78, 5) is -0.446. The van der Waals surface area contributed by atoms with Gasteiger partial charge in [0.1, 0.15) is 43.2 Å². The van der Waals surface area contributed by atoms with Crippen molar-refractivity contribution in [2.75, 3.05) is 0 Å². The maximum atomic E-state index is 11.5. The molecular weight excluding hydrogens is 703 g/mol. The molecule has 4 aromatic rings. The smallest absolute Gasteiger partial charge is 0.744 e. The second-order valence-corrected chi connectivity index (χ2v) is 13.5. The van der Waals surface area contributed by atoms with E-state index in [2.05, 4.69) is 0 Å². The van der Waals surface area contributed by atoms with Crippen molar-refractivity contribution in [3.8, 4) is 23.0 Å². The summed E-state index contributed by atoms with van der Waals surface area (Å²) in [5.74, 6) is 2.09. The van der Waals surface area contributed by atoms with Gasteiger partial charge < -0.3 is 28.1 Å². The van der Waals surface area contributed by atoms with E-state index in [1.165, 1.54) is 0 Å². The molecule has 4 rings (SSSR count). The van der Waals surface area contributed by atoms with Gasteiger partial charge in [0.25, 0.3) is 0 Å². The third-order valence-electron chi connectivity index (χ3n) is 6.47. The van der Waals surface area contributed by atoms with Gasteiger partial charge in [-0.05, 0) is 76.2 Å². The maximum Gasteiger partial charge on any atom is 1.00 e. The third-order valence-corrected chi connectivity index (χ3v) is 8.82. The van der Waals surface area contributed by atoms with Gasteiger partial charge in [0, 0.05) is 9.81 Å². The quantitative estimate of drug-likeness (QED) is 0.106. The van der Waals surface area contributed by atoms with Crippen LogP contribution >= 0.6 is 0 Å². The fourth-order valence-corrected chi connectivity index (χ4v) is 5.91. The van der Waals surface area contributed by atoms with E-state index in [4.69, 9.17) is 18.9 Å². The zero-order valence-corrected chi connectivity index (χ0v) is 34.6. The largest absolute Gasteiger partial charge is 1.00 e. The zero-order chi connectivity index (χ0) is 35.2. The molecule has 10 nitrogen and oxygen atoms in total. The molecule has 0 saturated carbocycles. The van der Waals surface area contributed by atoms with Gasteiger partial charge in [-0.25, -0.2) is 16.8 Å². The molecule has 0 aromatic heterocycles. The van der Waals surface area contributed by atoms with Crippen LogP contribution in [0.3, 0.4) is 0 Å². The molecule has 0 radical (unpaired) electrons. The molecule has 0 atom stereocenters. The molecule has 0 aliphatic carbocycles. The van der Waals surface area contributed by atoms with Gasteiger partial charge >= 0.3 is 59.1 Å². The van der Waals surface area contributed by atoms with Crippen LogP contribution in [-0.4, -0.2) is 38.5 Å². The van der Waals surface area contributed by atoms with Crippen molar-refractivity contribution in [3.05, 3.63) is 142 Å². The molecular formula is C36H38Na2O10S2. The normalized spacial score (nSPS) is 10.7. The first-order valence-corrected chi connectivity index (χ1v) is 17.7. The first-order valence-electron chi connectivity index (χ1n) is 14.8. The van der Waals surface area contributed by atoms with Crippen molar-refractivity contribution in [2.24, 2.45) is 0 Å². The Morgan fingerprint density at radius 3 is 0.820 bits per heavy atom. The van der Waals surface area contributed by atoms with E-state index in [1.807, 2.05) is 24.3 Å². The molecule has 0 bridgehead atoms. The topological polar surface area (TPSA) is 151 Å². The van der Waals surface area contributed by atoms with Crippen molar-refractivity contribution >= 4 is 20.2 Å². The van der Waals surface area contributed by atoms with Crippen LogP contribution in [0.15, 0.2) is 142 Å². The number of rotatable bonds is 14. The first-order chi connectivity index (χ1) is 22.7. The Balaban J connectivity index is 0.000000481. The summed E-state index contributed by atoms with van der Waals surface area (Å²) >= 11 is 0. The van der Waals surface area contributed by atoms with Gasteiger partial charge in [-0.3, -0.25) is 0 Å². The molecule has 4 aromatic carbocycles. The molecule has 0 aliphatic heterocycles. The van der Waals surface area contributed by atoms with E-state index in [0.717, 1.165) is 0 Å². The van der Waals surface area contributed by atoms with Crippen LogP contribution in [0.25, 0.3) is 0 Å². The minimum absolute atomic E-state index is 0. The fourth-order valence-electron chi connectivity index (χ4n) is 4.23. The van der Waals surface area contributed by atoms with Crippen molar-refractivity contribution in [2.45, 2.75) is 53.1 Å². The predicted molar refractivity (Wildman–Crippen MR) is 181 cm³/mol. The van der Waals surface area contributed by atoms with E-state index in [0.29, 0.717) is 34.1 Å². The van der Waals surface area contributed by atoms with Crippen LogP contribution in [0.5, 0.6) is 23.0 Å². The van der Waals surface area contributed by atoms with E-state index in [1.54, 1.807) is 125 Å². The van der Waals surface area contributed by atoms with Gasteiger partial charge in [-0.1, -0.05) is 83.9 Å². The maximum absolute atomic E-state index is 11.5. The van der Waals surface area contributed by atoms with Crippen molar-refractivity contribution in [1.29, 1.82) is 0 Å². The molecule has 0 saturated heterocycles. The molecule has 0 amide bonds. The molecule has 0 heterocycles. The number of para-hydroxylation sites is 4. The van der Waals surface area contributed by atoms with Crippen LogP contribution in [0.1, 0.15) is 40.5 Å². The fraction of sp³-hybridized carbons (Fsp3) is 0.222. The minimum atomic E-state index is -4.57. The van der Waals surface area contributed by atoms with Gasteiger partial charge in [0.15, 0.2) is 0 Å². The van der Waals surface area contributed by atoms with Crippen LogP contribution < -0.4 is 78.1 Å². The van der Waals surface area contributed by atoms with Crippen molar-refractivity contribution in [3.63, 3.8) is 0 Å². The minimum Gasteiger partial charge on any atom is -0.744 e. The molecule has 50 heavy (non-hydrogen) atoms. The Hall–Kier alpha value is -2.62. The molecule has 0 N–H and O–H groups in total. The summed E-state index contributed by atoms with van der Waals surface area (Å²) in [6, 6.07) is 35.5. The molecule has 256 valence electrons. The Bertz CT molecular complexity index is 1630. The van der Waals surface area contributed by atoms with E-state index in [9.17, 15) is 25.9 Å². The Labute approximate surface area is 339 Å². The molecule has 0 fully saturated rings. The zero-order valence-electron chi connectivity index (χ0n) is 29.0. The van der Waals surface area contributed by atoms with Gasteiger partial charge in [-0.15, -0.1) is 0 Å².